The number of benzene rings is 2. The topological polar surface area (TPSA) is 59.0 Å². The highest BCUT2D eigenvalue weighted by molar-refractivity contribution is 5.85. The highest BCUT2D eigenvalue weighted by Crippen LogP contribution is 2.50. The SMILES string of the molecule is COc1ccc2c(c1)C1=CN(C(=O)CO)[C@H](c3ccc(OC)c(F)c3)[C@@H]1CC2. The van der Waals surface area contributed by atoms with Crippen LogP contribution in [0.25, 0.3) is 5.57 Å². The maximum absolute atomic E-state index is 14.4. The number of aliphatic hydroxyl groups is 1. The van der Waals surface area contributed by atoms with E-state index in [2.05, 4.69) is 0 Å². The zero-order valence-electron chi connectivity index (χ0n) is 15.8. The van der Waals surface area contributed by atoms with Crippen LogP contribution in [0.2, 0.25) is 0 Å². The minimum atomic E-state index is -0.601. The van der Waals surface area contributed by atoms with E-state index in [-0.39, 0.29) is 17.7 Å². The number of aliphatic hydroxyl groups excluding tert-OH is 1. The Morgan fingerprint density at radius 2 is 2.04 bits per heavy atom. The smallest absolute Gasteiger partial charge is 0.252 e. The predicted octanol–water partition coefficient (Wildman–Crippen LogP) is 3.32. The second-order valence-corrected chi connectivity index (χ2v) is 7.05. The standard InChI is InChI=1S/C22H22FNO4/c1-27-15-6-3-13-4-7-16-18(17(13)10-15)11-24(21(26)12-25)22(16)14-5-8-20(28-2)19(23)9-14/h3,5-6,8-11,16,22,25H,4,7,12H2,1-2H3/t16-,22-/m1/s1. The molecular weight excluding hydrogens is 361 g/mol. The monoisotopic (exact) mass is 383 g/mol. The number of hydrogen-bond donors (Lipinski definition) is 1. The molecule has 1 amide bonds. The molecule has 4 rings (SSSR count). The fourth-order valence-electron chi connectivity index (χ4n) is 4.32. The summed E-state index contributed by atoms with van der Waals surface area (Å²) >= 11 is 0. The summed E-state index contributed by atoms with van der Waals surface area (Å²) in [5, 5.41) is 9.47. The lowest BCUT2D eigenvalue weighted by molar-refractivity contribution is -0.133. The number of nitrogens with zero attached hydrogens (tertiary/aromatic N) is 1. The summed E-state index contributed by atoms with van der Waals surface area (Å²) in [4.78, 5) is 14.0. The molecule has 0 bridgehead atoms. The van der Waals surface area contributed by atoms with Crippen molar-refractivity contribution in [1.29, 1.82) is 0 Å². The normalized spacial score (nSPS) is 20.3. The molecule has 2 aromatic rings. The molecule has 2 aromatic carbocycles. The molecule has 6 heteroatoms. The van der Waals surface area contributed by atoms with Gasteiger partial charge in [0.25, 0.3) is 5.91 Å². The highest BCUT2D eigenvalue weighted by atomic mass is 19.1. The van der Waals surface area contributed by atoms with E-state index in [0.717, 1.165) is 29.7 Å². The molecule has 0 saturated heterocycles. The van der Waals surface area contributed by atoms with Crippen molar-refractivity contribution >= 4 is 11.5 Å². The summed E-state index contributed by atoms with van der Waals surface area (Å²) in [6.07, 6.45) is 3.49. The van der Waals surface area contributed by atoms with Gasteiger partial charge in [0, 0.05) is 12.1 Å². The molecular formula is C22H22FNO4. The van der Waals surface area contributed by atoms with Crippen molar-refractivity contribution in [2.45, 2.75) is 18.9 Å². The number of ether oxygens (including phenoxy) is 2. The van der Waals surface area contributed by atoms with Crippen molar-refractivity contribution in [2.75, 3.05) is 20.8 Å². The van der Waals surface area contributed by atoms with Gasteiger partial charge in [-0.25, -0.2) is 4.39 Å². The van der Waals surface area contributed by atoms with Gasteiger partial charge in [0.15, 0.2) is 11.6 Å². The van der Waals surface area contributed by atoms with Crippen molar-refractivity contribution in [3.05, 3.63) is 65.1 Å². The van der Waals surface area contributed by atoms with Crippen LogP contribution in [-0.2, 0) is 11.2 Å². The third kappa shape index (κ3) is 2.94. The second-order valence-electron chi connectivity index (χ2n) is 7.05. The van der Waals surface area contributed by atoms with E-state index in [9.17, 15) is 14.3 Å². The van der Waals surface area contributed by atoms with Crippen LogP contribution in [0, 0.1) is 11.7 Å². The average molecular weight is 383 g/mol. The van der Waals surface area contributed by atoms with Crippen LogP contribution in [0.4, 0.5) is 4.39 Å². The van der Waals surface area contributed by atoms with E-state index < -0.39 is 18.3 Å². The van der Waals surface area contributed by atoms with Crippen LogP contribution in [0.15, 0.2) is 42.6 Å². The number of hydrogen-bond acceptors (Lipinski definition) is 4. The first-order chi connectivity index (χ1) is 13.6. The largest absolute Gasteiger partial charge is 0.497 e. The average Bonchev–Trinajstić information content (AvgIpc) is 3.12. The van der Waals surface area contributed by atoms with E-state index in [4.69, 9.17) is 9.47 Å². The van der Waals surface area contributed by atoms with Crippen molar-refractivity contribution in [2.24, 2.45) is 5.92 Å². The number of rotatable bonds is 4. The lowest BCUT2D eigenvalue weighted by Crippen LogP contribution is -2.32. The minimum absolute atomic E-state index is 0.0166. The number of amides is 1. The van der Waals surface area contributed by atoms with Crippen LogP contribution in [-0.4, -0.2) is 36.7 Å². The zero-order chi connectivity index (χ0) is 19.8. The van der Waals surface area contributed by atoms with Crippen molar-refractivity contribution < 1.29 is 23.8 Å². The Morgan fingerprint density at radius 1 is 1.21 bits per heavy atom. The summed E-state index contributed by atoms with van der Waals surface area (Å²) in [5.41, 5.74) is 3.94. The number of carbonyl (C=O) groups is 1. The molecule has 1 N–H and O–H groups in total. The lowest BCUT2D eigenvalue weighted by Gasteiger charge is -2.32. The van der Waals surface area contributed by atoms with Gasteiger partial charge in [0.1, 0.15) is 12.4 Å². The fourth-order valence-corrected chi connectivity index (χ4v) is 4.32. The van der Waals surface area contributed by atoms with Gasteiger partial charge >= 0.3 is 0 Å². The van der Waals surface area contributed by atoms with Gasteiger partial charge in [-0.1, -0.05) is 12.1 Å². The summed E-state index contributed by atoms with van der Waals surface area (Å²) in [6.45, 7) is -0.601. The highest BCUT2D eigenvalue weighted by Gasteiger charge is 2.42. The third-order valence-corrected chi connectivity index (χ3v) is 5.65. The first-order valence-corrected chi connectivity index (χ1v) is 9.21. The van der Waals surface area contributed by atoms with E-state index in [1.165, 1.54) is 23.6 Å². The van der Waals surface area contributed by atoms with Gasteiger partial charge in [-0.3, -0.25) is 4.79 Å². The summed E-state index contributed by atoms with van der Waals surface area (Å²) < 4.78 is 24.7. The Morgan fingerprint density at radius 3 is 2.71 bits per heavy atom. The predicted molar refractivity (Wildman–Crippen MR) is 102 cm³/mol. The summed E-state index contributed by atoms with van der Waals surface area (Å²) in [5.74, 6) is 0.0474. The molecule has 1 aliphatic carbocycles. The zero-order valence-corrected chi connectivity index (χ0v) is 15.8. The van der Waals surface area contributed by atoms with Gasteiger partial charge in [0.05, 0.1) is 20.3 Å². The molecule has 2 aliphatic rings. The van der Waals surface area contributed by atoms with Crippen molar-refractivity contribution in [3.8, 4) is 11.5 Å². The molecule has 28 heavy (non-hydrogen) atoms. The summed E-state index contributed by atoms with van der Waals surface area (Å²) in [7, 11) is 3.04. The maximum Gasteiger partial charge on any atom is 0.252 e. The summed E-state index contributed by atoms with van der Waals surface area (Å²) in [6, 6.07) is 10.4. The Kier molecular flexibility index (Phi) is 4.81. The Balaban J connectivity index is 1.80. The second kappa shape index (κ2) is 7.28. The molecule has 0 fully saturated rings. The van der Waals surface area contributed by atoms with E-state index in [1.54, 1.807) is 25.4 Å². The van der Waals surface area contributed by atoms with Crippen LogP contribution in [0.5, 0.6) is 11.5 Å². The quantitative estimate of drug-likeness (QED) is 0.880. The van der Waals surface area contributed by atoms with E-state index in [1.807, 2.05) is 18.2 Å². The van der Waals surface area contributed by atoms with Crippen molar-refractivity contribution in [3.63, 3.8) is 0 Å². The molecule has 0 aromatic heterocycles. The van der Waals surface area contributed by atoms with Gasteiger partial charge in [-0.05, 0) is 59.4 Å². The van der Waals surface area contributed by atoms with Gasteiger partial charge < -0.3 is 19.5 Å². The lowest BCUT2D eigenvalue weighted by atomic mass is 9.76. The van der Waals surface area contributed by atoms with Gasteiger partial charge in [0.2, 0.25) is 0 Å². The van der Waals surface area contributed by atoms with Gasteiger partial charge in [-0.2, -0.15) is 0 Å². The van der Waals surface area contributed by atoms with E-state index in [0.29, 0.717) is 5.56 Å². The molecule has 1 aliphatic heterocycles. The number of carbonyl (C=O) groups excluding carboxylic acids is 1. The first-order valence-electron chi connectivity index (χ1n) is 9.21. The van der Waals surface area contributed by atoms with Crippen LogP contribution in [0.3, 0.4) is 0 Å². The van der Waals surface area contributed by atoms with Crippen LogP contribution in [0.1, 0.15) is 29.2 Å². The van der Waals surface area contributed by atoms with Crippen LogP contribution < -0.4 is 9.47 Å². The maximum atomic E-state index is 14.4. The molecule has 0 unspecified atom stereocenters. The fraction of sp³-hybridized carbons (Fsp3) is 0.318. The number of methoxy groups -OCH3 is 2. The molecule has 5 nitrogen and oxygen atoms in total. The third-order valence-electron chi connectivity index (χ3n) is 5.65. The first kappa shape index (κ1) is 18.5. The molecule has 0 saturated carbocycles. The van der Waals surface area contributed by atoms with Crippen molar-refractivity contribution in [1.82, 2.24) is 4.90 Å². The molecule has 0 spiro atoms. The van der Waals surface area contributed by atoms with Crippen LogP contribution >= 0.6 is 0 Å². The molecule has 1 heterocycles. The van der Waals surface area contributed by atoms with E-state index >= 15 is 0 Å². The minimum Gasteiger partial charge on any atom is -0.497 e. The molecule has 146 valence electrons. The molecule has 2 atom stereocenters. The Bertz CT molecular complexity index is 956. The Labute approximate surface area is 163 Å². The number of aryl methyl sites for hydroxylation is 1. The number of halogens is 1. The van der Waals surface area contributed by atoms with Gasteiger partial charge in [-0.15, -0.1) is 0 Å². The molecule has 0 radical (unpaired) electrons. The Hall–Kier alpha value is -2.86. The number of fused-ring (bicyclic) bond motifs is 3.